The van der Waals surface area contributed by atoms with Crippen molar-refractivity contribution in [2.45, 2.75) is 39.0 Å². The van der Waals surface area contributed by atoms with E-state index in [9.17, 15) is 0 Å². The Morgan fingerprint density at radius 2 is 1.94 bits per heavy atom. The number of hydrogen-bond acceptors (Lipinski definition) is 3. The Morgan fingerprint density at radius 1 is 1.28 bits per heavy atom. The van der Waals surface area contributed by atoms with Crippen molar-refractivity contribution in [1.29, 1.82) is 5.26 Å². The van der Waals surface area contributed by atoms with Crippen LogP contribution in [-0.4, -0.2) is 30.2 Å². The zero-order valence-corrected chi connectivity index (χ0v) is 11.1. The Kier molecular flexibility index (Phi) is 4.35. The third-order valence-corrected chi connectivity index (χ3v) is 3.18. The third kappa shape index (κ3) is 3.56. The number of hydrogen-bond donors (Lipinski definition) is 0. The number of nitriles is 1. The van der Waals surface area contributed by atoms with Gasteiger partial charge in [-0.15, -0.1) is 0 Å². The highest BCUT2D eigenvalue weighted by atomic mass is 16.5. The highest BCUT2D eigenvalue weighted by Crippen LogP contribution is 2.15. The molecule has 96 valence electrons. The monoisotopic (exact) mass is 244 g/mol. The molecule has 0 aliphatic carbocycles. The summed E-state index contributed by atoms with van der Waals surface area (Å²) in [7, 11) is 0. The predicted molar refractivity (Wildman–Crippen MR) is 71.0 cm³/mol. The van der Waals surface area contributed by atoms with Crippen LogP contribution in [0.2, 0.25) is 0 Å². The van der Waals surface area contributed by atoms with Gasteiger partial charge >= 0.3 is 0 Å². The summed E-state index contributed by atoms with van der Waals surface area (Å²) in [5.74, 6) is 0. The van der Waals surface area contributed by atoms with Gasteiger partial charge in [0.2, 0.25) is 0 Å². The first-order valence-electron chi connectivity index (χ1n) is 6.50. The molecule has 1 aromatic rings. The fraction of sp³-hybridized carbons (Fsp3) is 0.533. The molecule has 1 fully saturated rings. The molecule has 0 bridgehead atoms. The van der Waals surface area contributed by atoms with Crippen molar-refractivity contribution in [3.05, 3.63) is 35.4 Å². The van der Waals surface area contributed by atoms with Crippen molar-refractivity contribution in [2.24, 2.45) is 0 Å². The molecule has 3 heteroatoms. The lowest BCUT2D eigenvalue weighted by atomic mass is 10.1. The van der Waals surface area contributed by atoms with Gasteiger partial charge in [-0.25, -0.2) is 0 Å². The normalized spacial score (nSPS) is 24.7. The van der Waals surface area contributed by atoms with Gasteiger partial charge in [-0.05, 0) is 25.0 Å². The van der Waals surface area contributed by atoms with E-state index in [-0.39, 0.29) is 0 Å². The number of ether oxygens (including phenoxy) is 1. The molecule has 0 radical (unpaired) electrons. The highest BCUT2D eigenvalue weighted by molar-refractivity contribution is 5.25. The van der Waals surface area contributed by atoms with Crippen LogP contribution in [0.15, 0.2) is 24.3 Å². The van der Waals surface area contributed by atoms with Gasteiger partial charge in [0.15, 0.2) is 0 Å². The molecule has 2 atom stereocenters. The fourth-order valence-electron chi connectivity index (χ4n) is 2.60. The minimum Gasteiger partial charge on any atom is -0.373 e. The van der Waals surface area contributed by atoms with Crippen LogP contribution < -0.4 is 0 Å². The van der Waals surface area contributed by atoms with E-state index in [1.807, 2.05) is 12.1 Å². The summed E-state index contributed by atoms with van der Waals surface area (Å²) in [4.78, 5) is 2.42. The zero-order valence-electron chi connectivity index (χ0n) is 11.1. The van der Waals surface area contributed by atoms with Crippen LogP contribution in [-0.2, 0) is 17.7 Å². The predicted octanol–water partition coefficient (Wildman–Crippen LogP) is 2.36. The zero-order chi connectivity index (χ0) is 13.0. The Balaban J connectivity index is 2.00. The first-order chi connectivity index (χ1) is 8.67. The molecule has 18 heavy (non-hydrogen) atoms. The van der Waals surface area contributed by atoms with E-state index in [0.29, 0.717) is 18.6 Å². The summed E-state index contributed by atoms with van der Waals surface area (Å²) in [5, 5.41) is 8.72. The van der Waals surface area contributed by atoms with Crippen molar-refractivity contribution in [1.82, 2.24) is 4.90 Å². The molecular weight excluding hydrogens is 224 g/mol. The molecular formula is C15H20N2O. The average Bonchev–Trinajstić information content (AvgIpc) is 2.28. The van der Waals surface area contributed by atoms with Crippen molar-refractivity contribution < 1.29 is 4.74 Å². The Morgan fingerprint density at radius 3 is 2.61 bits per heavy atom. The Bertz CT molecular complexity index is 428. The van der Waals surface area contributed by atoms with Gasteiger partial charge in [0.05, 0.1) is 24.7 Å². The second-order valence-corrected chi connectivity index (χ2v) is 5.11. The molecule has 1 aliphatic heterocycles. The van der Waals surface area contributed by atoms with Crippen LogP contribution in [0.25, 0.3) is 0 Å². The second-order valence-electron chi connectivity index (χ2n) is 5.11. The Labute approximate surface area is 109 Å². The quantitative estimate of drug-likeness (QED) is 0.819. The maximum Gasteiger partial charge on any atom is 0.0678 e. The van der Waals surface area contributed by atoms with Crippen LogP contribution >= 0.6 is 0 Å². The van der Waals surface area contributed by atoms with Crippen LogP contribution in [0.1, 0.15) is 25.0 Å². The lowest BCUT2D eigenvalue weighted by molar-refractivity contribution is -0.0704. The lowest BCUT2D eigenvalue weighted by Gasteiger charge is -2.35. The molecule has 0 aromatic heterocycles. The van der Waals surface area contributed by atoms with Gasteiger partial charge in [0, 0.05) is 19.6 Å². The van der Waals surface area contributed by atoms with E-state index < -0.39 is 0 Å². The average molecular weight is 244 g/mol. The number of nitrogens with zero attached hydrogens (tertiary/aromatic N) is 2. The minimum absolute atomic E-state index is 0.302. The smallest absolute Gasteiger partial charge is 0.0678 e. The number of morpholine rings is 1. The summed E-state index contributed by atoms with van der Waals surface area (Å²) < 4.78 is 5.73. The van der Waals surface area contributed by atoms with Crippen molar-refractivity contribution in [3.8, 4) is 6.07 Å². The third-order valence-electron chi connectivity index (χ3n) is 3.18. The molecule has 0 spiro atoms. The molecule has 3 nitrogen and oxygen atoms in total. The van der Waals surface area contributed by atoms with E-state index in [4.69, 9.17) is 10.00 Å². The summed E-state index contributed by atoms with van der Waals surface area (Å²) in [6.45, 7) is 7.14. The van der Waals surface area contributed by atoms with E-state index in [1.165, 1.54) is 5.56 Å². The molecule has 2 rings (SSSR count). The minimum atomic E-state index is 0.302. The summed E-state index contributed by atoms with van der Waals surface area (Å²) in [5.41, 5.74) is 2.38. The largest absolute Gasteiger partial charge is 0.373 e. The van der Waals surface area contributed by atoms with Crippen LogP contribution in [0, 0.1) is 11.3 Å². The first kappa shape index (κ1) is 13.1. The maximum atomic E-state index is 8.72. The second kappa shape index (κ2) is 5.99. The molecule has 2 unspecified atom stereocenters. The van der Waals surface area contributed by atoms with E-state index in [1.54, 1.807) is 0 Å². The van der Waals surface area contributed by atoms with Gasteiger partial charge in [-0.3, -0.25) is 4.90 Å². The Hall–Kier alpha value is -1.37. The highest BCUT2D eigenvalue weighted by Gasteiger charge is 2.21. The lowest BCUT2D eigenvalue weighted by Crippen LogP contribution is -2.44. The molecule has 1 aliphatic rings. The number of rotatable bonds is 3. The molecule has 0 saturated carbocycles. The van der Waals surface area contributed by atoms with Gasteiger partial charge in [0.1, 0.15) is 0 Å². The van der Waals surface area contributed by atoms with Crippen molar-refractivity contribution >= 4 is 0 Å². The van der Waals surface area contributed by atoms with Gasteiger partial charge in [-0.1, -0.05) is 24.3 Å². The van der Waals surface area contributed by atoms with Crippen LogP contribution in [0.5, 0.6) is 0 Å². The van der Waals surface area contributed by atoms with Gasteiger partial charge < -0.3 is 4.74 Å². The number of benzene rings is 1. The maximum absolute atomic E-state index is 8.72. The molecule has 0 N–H and O–H groups in total. The molecule has 1 saturated heterocycles. The van der Waals surface area contributed by atoms with E-state index >= 15 is 0 Å². The van der Waals surface area contributed by atoms with Crippen molar-refractivity contribution in [3.63, 3.8) is 0 Å². The SMILES string of the molecule is CC1CN(Cc2cccc(CC#N)c2)CC(C)O1. The molecule has 1 heterocycles. The van der Waals surface area contributed by atoms with Crippen LogP contribution in [0.4, 0.5) is 0 Å². The fourth-order valence-corrected chi connectivity index (χ4v) is 2.60. The first-order valence-corrected chi connectivity index (χ1v) is 6.50. The summed E-state index contributed by atoms with van der Waals surface area (Å²) in [6.07, 6.45) is 1.09. The topological polar surface area (TPSA) is 36.3 Å². The molecule has 0 amide bonds. The van der Waals surface area contributed by atoms with E-state index in [2.05, 4.69) is 36.9 Å². The van der Waals surface area contributed by atoms with Gasteiger partial charge in [-0.2, -0.15) is 5.26 Å². The van der Waals surface area contributed by atoms with Gasteiger partial charge in [0.25, 0.3) is 0 Å². The summed E-state index contributed by atoms with van der Waals surface area (Å²) in [6, 6.07) is 10.5. The molecule has 1 aromatic carbocycles. The van der Waals surface area contributed by atoms with Crippen LogP contribution in [0.3, 0.4) is 0 Å². The van der Waals surface area contributed by atoms with Crippen molar-refractivity contribution in [2.75, 3.05) is 13.1 Å². The standard InChI is InChI=1S/C15H20N2O/c1-12-9-17(10-13(2)18-12)11-15-5-3-4-14(8-15)6-7-16/h3-5,8,12-13H,6,9-11H2,1-2H3. The van der Waals surface area contributed by atoms with E-state index in [0.717, 1.165) is 25.2 Å². The summed E-state index contributed by atoms with van der Waals surface area (Å²) >= 11 is 0.